The first-order valence-corrected chi connectivity index (χ1v) is 6.87. The maximum atomic E-state index is 9.47. The minimum Gasteiger partial charge on any atom is -0.392 e. The third kappa shape index (κ3) is 2.20. The Morgan fingerprint density at radius 3 is 2.90 bits per heavy atom. The van der Waals surface area contributed by atoms with Crippen LogP contribution < -0.4 is 0 Å². The van der Waals surface area contributed by atoms with Crippen LogP contribution in [0.2, 0.25) is 0 Å². The van der Waals surface area contributed by atoms with Gasteiger partial charge < -0.3 is 9.67 Å². The molecule has 5 heteroatoms. The third-order valence-corrected chi connectivity index (χ3v) is 3.48. The second-order valence-electron chi connectivity index (χ2n) is 4.86. The maximum Gasteiger partial charge on any atom is 0.146 e. The summed E-state index contributed by atoms with van der Waals surface area (Å²) >= 11 is 0. The number of aromatic nitrogens is 4. The number of aliphatic hydroxyl groups is 1. The van der Waals surface area contributed by atoms with Gasteiger partial charge in [0.2, 0.25) is 0 Å². The summed E-state index contributed by atoms with van der Waals surface area (Å²) < 4.78 is 4.06. The summed E-state index contributed by atoms with van der Waals surface area (Å²) in [5.41, 5.74) is 2.06. The summed E-state index contributed by atoms with van der Waals surface area (Å²) in [6, 6.07) is 8.10. The van der Waals surface area contributed by atoms with Crippen molar-refractivity contribution in [1.29, 1.82) is 0 Å². The lowest BCUT2D eigenvalue weighted by molar-refractivity contribution is 0.283. The molecule has 20 heavy (non-hydrogen) atoms. The standard InChI is InChI=1S/C15H18N4O/c1-2-7-19-15(16-11-17-19)9-18-8-12(10-20)13-5-3-4-6-14(13)18/h3-6,8,11,20H,2,7,9-10H2,1H3. The average molecular weight is 270 g/mol. The number of aliphatic hydroxyl groups excluding tert-OH is 1. The van der Waals surface area contributed by atoms with Gasteiger partial charge in [-0.25, -0.2) is 9.67 Å². The van der Waals surface area contributed by atoms with Crippen molar-refractivity contribution in [3.05, 3.63) is 48.2 Å². The summed E-state index contributed by atoms with van der Waals surface area (Å²) in [6.07, 6.45) is 4.63. The van der Waals surface area contributed by atoms with E-state index in [0.717, 1.165) is 35.3 Å². The van der Waals surface area contributed by atoms with Crippen LogP contribution in [0.1, 0.15) is 24.7 Å². The fourth-order valence-electron chi connectivity index (χ4n) is 2.54. The second-order valence-corrected chi connectivity index (χ2v) is 4.86. The summed E-state index contributed by atoms with van der Waals surface area (Å²) in [7, 11) is 0. The first-order chi connectivity index (χ1) is 9.83. The molecule has 0 aliphatic heterocycles. The van der Waals surface area contributed by atoms with E-state index in [1.54, 1.807) is 6.33 Å². The molecule has 0 saturated carbocycles. The molecule has 3 aromatic rings. The number of fused-ring (bicyclic) bond motifs is 1. The van der Waals surface area contributed by atoms with Crippen molar-refractivity contribution in [2.75, 3.05) is 0 Å². The highest BCUT2D eigenvalue weighted by Gasteiger charge is 2.10. The van der Waals surface area contributed by atoms with E-state index in [-0.39, 0.29) is 6.61 Å². The Labute approximate surface area is 117 Å². The molecule has 1 N–H and O–H groups in total. The van der Waals surface area contributed by atoms with Gasteiger partial charge in [-0.2, -0.15) is 5.10 Å². The zero-order valence-electron chi connectivity index (χ0n) is 11.5. The lowest BCUT2D eigenvalue weighted by Gasteiger charge is -2.07. The van der Waals surface area contributed by atoms with Gasteiger partial charge in [-0.3, -0.25) is 0 Å². The van der Waals surface area contributed by atoms with Gasteiger partial charge in [-0.1, -0.05) is 25.1 Å². The summed E-state index contributed by atoms with van der Waals surface area (Å²) in [4.78, 5) is 4.34. The fourth-order valence-corrected chi connectivity index (χ4v) is 2.54. The van der Waals surface area contributed by atoms with Crippen molar-refractivity contribution in [2.45, 2.75) is 33.0 Å². The molecule has 0 bridgehead atoms. The fraction of sp³-hybridized carbons (Fsp3) is 0.333. The topological polar surface area (TPSA) is 55.9 Å². The summed E-state index contributed by atoms with van der Waals surface area (Å²) in [6.45, 7) is 3.72. The molecule has 0 aliphatic carbocycles. The molecule has 1 aromatic carbocycles. The van der Waals surface area contributed by atoms with E-state index in [1.165, 1.54) is 0 Å². The molecule has 0 radical (unpaired) electrons. The number of rotatable bonds is 5. The smallest absolute Gasteiger partial charge is 0.146 e. The Morgan fingerprint density at radius 1 is 1.25 bits per heavy atom. The highest BCUT2D eigenvalue weighted by atomic mass is 16.3. The van der Waals surface area contributed by atoms with Crippen LogP contribution >= 0.6 is 0 Å². The maximum absolute atomic E-state index is 9.47. The monoisotopic (exact) mass is 270 g/mol. The van der Waals surface area contributed by atoms with Crippen LogP contribution in [-0.2, 0) is 19.7 Å². The van der Waals surface area contributed by atoms with Gasteiger partial charge in [0.25, 0.3) is 0 Å². The van der Waals surface area contributed by atoms with Crippen molar-refractivity contribution in [3.63, 3.8) is 0 Å². The van der Waals surface area contributed by atoms with Crippen molar-refractivity contribution >= 4 is 10.9 Å². The van der Waals surface area contributed by atoms with Crippen LogP contribution in [0.25, 0.3) is 10.9 Å². The normalized spacial score (nSPS) is 11.3. The van der Waals surface area contributed by atoms with Gasteiger partial charge in [-0.15, -0.1) is 0 Å². The minimum absolute atomic E-state index is 0.0508. The molecule has 5 nitrogen and oxygen atoms in total. The van der Waals surface area contributed by atoms with E-state index >= 15 is 0 Å². The van der Waals surface area contributed by atoms with E-state index in [2.05, 4.69) is 27.6 Å². The molecular weight excluding hydrogens is 252 g/mol. The van der Waals surface area contributed by atoms with Crippen LogP contribution in [0.5, 0.6) is 0 Å². The molecule has 0 aliphatic rings. The van der Waals surface area contributed by atoms with Crippen molar-refractivity contribution < 1.29 is 5.11 Å². The zero-order valence-corrected chi connectivity index (χ0v) is 11.5. The molecule has 0 amide bonds. The van der Waals surface area contributed by atoms with E-state index in [4.69, 9.17) is 0 Å². The minimum atomic E-state index is 0.0508. The Hall–Kier alpha value is -2.14. The Bertz CT molecular complexity index is 714. The highest BCUT2D eigenvalue weighted by molar-refractivity contribution is 5.83. The van der Waals surface area contributed by atoms with Crippen LogP contribution in [-0.4, -0.2) is 24.4 Å². The largest absolute Gasteiger partial charge is 0.392 e. The molecule has 0 spiro atoms. The first-order valence-electron chi connectivity index (χ1n) is 6.87. The Morgan fingerprint density at radius 2 is 2.10 bits per heavy atom. The average Bonchev–Trinajstić information content (AvgIpc) is 3.05. The second kappa shape index (κ2) is 5.46. The van der Waals surface area contributed by atoms with E-state index in [0.29, 0.717) is 6.54 Å². The number of para-hydroxylation sites is 1. The molecule has 104 valence electrons. The van der Waals surface area contributed by atoms with Crippen molar-refractivity contribution in [2.24, 2.45) is 0 Å². The van der Waals surface area contributed by atoms with E-state index in [1.807, 2.05) is 29.1 Å². The molecule has 0 atom stereocenters. The quantitative estimate of drug-likeness (QED) is 0.773. The van der Waals surface area contributed by atoms with Crippen LogP contribution in [0.15, 0.2) is 36.8 Å². The van der Waals surface area contributed by atoms with Gasteiger partial charge in [0, 0.05) is 29.2 Å². The molecule has 2 heterocycles. The third-order valence-electron chi connectivity index (χ3n) is 3.48. The molecule has 0 unspecified atom stereocenters. The van der Waals surface area contributed by atoms with E-state index < -0.39 is 0 Å². The zero-order chi connectivity index (χ0) is 13.9. The molecular formula is C15H18N4O. The van der Waals surface area contributed by atoms with Crippen LogP contribution in [0.4, 0.5) is 0 Å². The molecule has 3 rings (SSSR count). The van der Waals surface area contributed by atoms with E-state index in [9.17, 15) is 5.11 Å². The van der Waals surface area contributed by atoms with Crippen molar-refractivity contribution in [3.8, 4) is 0 Å². The Kier molecular flexibility index (Phi) is 3.52. The van der Waals surface area contributed by atoms with Crippen molar-refractivity contribution in [1.82, 2.24) is 19.3 Å². The van der Waals surface area contributed by atoms with Gasteiger partial charge >= 0.3 is 0 Å². The molecule has 2 aromatic heterocycles. The SMILES string of the molecule is CCCn1ncnc1Cn1cc(CO)c2ccccc21. The lowest BCUT2D eigenvalue weighted by Crippen LogP contribution is -2.09. The van der Waals surface area contributed by atoms with Gasteiger partial charge in [0.1, 0.15) is 12.2 Å². The molecule has 0 saturated heterocycles. The highest BCUT2D eigenvalue weighted by Crippen LogP contribution is 2.22. The summed E-state index contributed by atoms with van der Waals surface area (Å²) in [5, 5.41) is 14.8. The number of aryl methyl sites for hydroxylation is 1. The number of nitrogens with zero attached hydrogens (tertiary/aromatic N) is 4. The predicted molar refractivity (Wildman–Crippen MR) is 77.3 cm³/mol. The Balaban J connectivity index is 2.00. The summed E-state index contributed by atoms with van der Waals surface area (Å²) in [5.74, 6) is 0.942. The number of benzene rings is 1. The van der Waals surface area contributed by atoms with Gasteiger partial charge in [0.15, 0.2) is 0 Å². The number of hydrogen-bond donors (Lipinski definition) is 1. The van der Waals surface area contributed by atoms with Gasteiger partial charge in [0.05, 0.1) is 13.2 Å². The first kappa shape index (κ1) is 12.9. The predicted octanol–water partition coefficient (Wildman–Crippen LogP) is 2.18. The van der Waals surface area contributed by atoms with Crippen LogP contribution in [0.3, 0.4) is 0 Å². The molecule has 0 fully saturated rings. The lowest BCUT2D eigenvalue weighted by atomic mass is 10.2. The number of hydrogen-bond acceptors (Lipinski definition) is 3. The van der Waals surface area contributed by atoms with Crippen LogP contribution in [0, 0.1) is 0 Å². The van der Waals surface area contributed by atoms with Gasteiger partial charge in [-0.05, 0) is 12.5 Å².